The van der Waals surface area contributed by atoms with Crippen LogP contribution in [0.3, 0.4) is 0 Å². The van der Waals surface area contributed by atoms with E-state index in [1.54, 1.807) is 0 Å². The standard InChI is InChI=1S/C66H51NS/c1-66(49-23-6-3-7-24-49)59-32-11-8-26-54(59)55-41-38-47(43-60(55)66)44-36-39-50(40-37-44)67(51-25-14-22-48(42-51)53-30-17-35-63-65(53)58-28-10-13-34-62(58)68-63)61-33-12-9-27-56(61)57-31-16-21-46-20-15-29-52(64(46)57)45-18-4-2-5-19-45/h3,6-17,20-43,45H,2,4-5,18-19H2,1H3. The van der Waals surface area contributed by atoms with Crippen molar-refractivity contribution in [2.45, 2.75) is 50.4 Å². The van der Waals surface area contributed by atoms with E-state index in [9.17, 15) is 0 Å². The molecular weight excluding hydrogens is 839 g/mol. The van der Waals surface area contributed by atoms with Crippen LogP contribution >= 0.6 is 11.3 Å². The fourth-order valence-electron chi connectivity index (χ4n) is 12.1. The molecule has 0 N–H and O–H groups in total. The highest BCUT2D eigenvalue weighted by Crippen LogP contribution is 2.54. The molecule has 0 spiro atoms. The van der Waals surface area contributed by atoms with Gasteiger partial charge in [-0.05, 0) is 146 Å². The normalized spacial score (nSPS) is 15.7. The van der Waals surface area contributed by atoms with Gasteiger partial charge in [0.05, 0.1) is 5.69 Å². The molecule has 0 saturated heterocycles. The van der Waals surface area contributed by atoms with Gasteiger partial charge in [0, 0.05) is 42.5 Å². The topological polar surface area (TPSA) is 3.24 Å². The molecule has 0 amide bonds. The zero-order valence-electron chi connectivity index (χ0n) is 38.3. The second-order valence-corrected chi connectivity index (χ2v) is 20.2. The summed E-state index contributed by atoms with van der Waals surface area (Å²) in [6.07, 6.45) is 6.47. The minimum absolute atomic E-state index is 0.257. The van der Waals surface area contributed by atoms with E-state index in [0.717, 1.165) is 17.1 Å². The van der Waals surface area contributed by atoms with Gasteiger partial charge in [-0.1, -0.05) is 195 Å². The maximum atomic E-state index is 2.50. The lowest BCUT2D eigenvalue weighted by Gasteiger charge is -2.30. The molecule has 68 heavy (non-hydrogen) atoms. The zero-order valence-corrected chi connectivity index (χ0v) is 39.1. The molecule has 1 aromatic heterocycles. The molecule has 1 heterocycles. The van der Waals surface area contributed by atoms with Gasteiger partial charge in [-0.3, -0.25) is 0 Å². The average molecular weight is 890 g/mol. The Morgan fingerprint density at radius 3 is 1.96 bits per heavy atom. The van der Waals surface area contributed by atoms with Crippen molar-refractivity contribution in [3.05, 3.63) is 247 Å². The highest BCUT2D eigenvalue weighted by Gasteiger charge is 2.40. The Balaban J connectivity index is 0.975. The molecule has 1 nitrogen and oxygen atoms in total. The molecule has 2 aliphatic rings. The molecule has 0 aliphatic heterocycles. The lowest BCUT2D eigenvalue weighted by molar-refractivity contribution is 0.445. The third-order valence-electron chi connectivity index (χ3n) is 15.4. The molecule has 1 fully saturated rings. The minimum Gasteiger partial charge on any atom is -0.310 e. The first-order valence-corrected chi connectivity index (χ1v) is 25.3. The van der Waals surface area contributed by atoms with E-state index >= 15 is 0 Å². The number of fused-ring (bicyclic) bond motifs is 7. The summed E-state index contributed by atoms with van der Waals surface area (Å²) in [5.74, 6) is 0.580. The maximum absolute atomic E-state index is 2.50. The predicted molar refractivity (Wildman–Crippen MR) is 291 cm³/mol. The monoisotopic (exact) mass is 889 g/mol. The Morgan fingerprint density at radius 1 is 0.426 bits per heavy atom. The van der Waals surface area contributed by atoms with Crippen molar-refractivity contribution in [3.63, 3.8) is 0 Å². The summed E-state index contributed by atoms with van der Waals surface area (Å²) in [5, 5.41) is 5.36. The molecule has 326 valence electrons. The fourth-order valence-corrected chi connectivity index (χ4v) is 13.2. The van der Waals surface area contributed by atoms with Crippen LogP contribution in [-0.4, -0.2) is 0 Å². The number of nitrogens with zero attached hydrogens (tertiary/aromatic N) is 1. The average Bonchev–Trinajstić information content (AvgIpc) is 3.92. The summed E-state index contributed by atoms with van der Waals surface area (Å²) in [7, 11) is 0. The highest BCUT2D eigenvalue weighted by molar-refractivity contribution is 7.25. The number of hydrogen-bond donors (Lipinski definition) is 0. The van der Waals surface area contributed by atoms with E-state index in [4.69, 9.17) is 0 Å². The molecule has 2 heteroatoms. The maximum Gasteiger partial charge on any atom is 0.0540 e. The van der Waals surface area contributed by atoms with E-state index in [-0.39, 0.29) is 5.41 Å². The number of benzene rings is 10. The summed E-state index contributed by atoms with van der Waals surface area (Å²) >= 11 is 1.88. The van der Waals surface area contributed by atoms with E-state index in [2.05, 4.69) is 236 Å². The van der Waals surface area contributed by atoms with Crippen LogP contribution in [0.4, 0.5) is 17.1 Å². The van der Waals surface area contributed by atoms with Crippen LogP contribution in [0.25, 0.3) is 75.5 Å². The molecule has 2 aliphatic carbocycles. The molecule has 10 aromatic carbocycles. The zero-order chi connectivity index (χ0) is 45.2. The van der Waals surface area contributed by atoms with Crippen LogP contribution in [0.2, 0.25) is 0 Å². The van der Waals surface area contributed by atoms with Crippen molar-refractivity contribution in [3.8, 4) is 44.5 Å². The smallest absolute Gasteiger partial charge is 0.0540 e. The Labute approximate surface area is 403 Å². The summed E-state index contributed by atoms with van der Waals surface area (Å²) in [6, 6.07) is 84.3. The van der Waals surface area contributed by atoms with Gasteiger partial charge >= 0.3 is 0 Å². The lowest BCUT2D eigenvalue weighted by Crippen LogP contribution is -2.22. The van der Waals surface area contributed by atoms with Crippen molar-refractivity contribution in [2.75, 3.05) is 4.90 Å². The predicted octanol–water partition coefficient (Wildman–Crippen LogP) is 19.1. The van der Waals surface area contributed by atoms with Gasteiger partial charge in [-0.15, -0.1) is 11.3 Å². The molecule has 1 saturated carbocycles. The Morgan fingerprint density at radius 2 is 1.09 bits per heavy atom. The van der Waals surface area contributed by atoms with Gasteiger partial charge in [0.1, 0.15) is 0 Å². The molecule has 11 aromatic rings. The molecule has 1 unspecified atom stereocenters. The summed E-state index contributed by atoms with van der Waals surface area (Å²) in [4.78, 5) is 2.50. The van der Waals surface area contributed by atoms with Crippen molar-refractivity contribution in [1.82, 2.24) is 0 Å². The van der Waals surface area contributed by atoms with Crippen molar-refractivity contribution >= 4 is 59.3 Å². The molecule has 0 radical (unpaired) electrons. The van der Waals surface area contributed by atoms with E-state index in [1.165, 1.54) is 130 Å². The van der Waals surface area contributed by atoms with E-state index < -0.39 is 0 Å². The van der Waals surface area contributed by atoms with Crippen molar-refractivity contribution in [1.29, 1.82) is 0 Å². The van der Waals surface area contributed by atoms with Crippen molar-refractivity contribution < 1.29 is 0 Å². The van der Waals surface area contributed by atoms with Gasteiger partial charge in [0.15, 0.2) is 0 Å². The third-order valence-corrected chi connectivity index (χ3v) is 16.5. The summed E-state index contributed by atoms with van der Waals surface area (Å²) in [5.41, 5.74) is 18.8. The van der Waals surface area contributed by atoms with Gasteiger partial charge in [0.25, 0.3) is 0 Å². The molecule has 0 bridgehead atoms. The number of hydrogen-bond acceptors (Lipinski definition) is 2. The van der Waals surface area contributed by atoms with Crippen LogP contribution in [0.15, 0.2) is 224 Å². The second-order valence-electron chi connectivity index (χ2n) is 19.1. The van der Waals surface area contributed by atoms with E-state index in [1.807, 2.05) is 11.3 Å². The van der Waals surface area contributed by atoms with Gasteiger partial charge in [-0.25, -0.2) is 0 Å². The first kappa shape index (κ1) is 40.7. The summed E-state index contributed by atoms with van der Waals surface area (Å²) in [6.45, 7) is 2.40. The van der Waals surface area contributed by atoms with Crippen LogP contribution in [0.1, 0.15) is 67.2 Å². The van der Waals surface area contributed by atoms with Gasteiger partial charge in [0.2, 0.25) is 0 Å². The first-order valence-electron chi connectivity index (χ1n) is 24.4. The Hall–Kier alpha value is -7.52. The third kappa shape index (κ3) is 6.65. The largest absolute Gasteiger partial charge is 0.310 e. The molecule has 13 rings (SSSR count). The number of para-hydroxylation sites is 1. The Bertz CT molecular complexity index is 3680. The van der Waals surface area contributed by atoms with Crippen LogP contribution in [0.5, 0.6) is 0 Å². The molecular formula is C66H51NS. The van der Waals surface area contributed by atoms with Gasteiger partial charge in [-0.2, -0.15) is 0 Å². The van der Waals surface area contributed by atoms with E-state index in [0.29, 0.717) is 5.92 Å². The Kier molecular flexibility index (Phi) is 9.98. The summed E-state index contributed by atoms with van der Waals surface area (Å²) < 4.78 is 2.64. The number of rotatable bonds is 8. The van der Waals surface area contributed by atoms with Crippen LogP contribution in [-0.2, 0) is 5.41 Å². The highest BCUT2D eigenvalue weighted by atomic mass is 32.1. The fraction of sp³-hybridized carbons (Fsp3) is 0.121. The first-order chi connectivity index (χ1) is 33.6. The van der Waals surface area contributed by atoms with Crippen LogP contribution < -0.4 is 4.90 Å². The van der Waals surface area contributed by atoms with Crippen molar-refractivity contribution in [2.24, 2.45) is 0 Å². The quantitative estimate of drug-likeness (QED) is 0.147. The van der Waals surface area contributed by atoms with Crippen LogP contribution in [0, 0.1) is 0 Å². The second kappa shape index (κ2) is 16.7. The lowest BCUT2D eigenvalue weighted by atomic mass is 9.74. The minimum atomic E-state index is -0.257. The van der Waals surface area contributed by atoms with Gasteiger partial charge < -0.3 is 4.90 Å². The SMILES string of the molecule is CC1(c2ccccc2)c2ccccc2-c2ccc(-c3ccc(N(c4cccc(-c5cccc6sc7ccccc7c56)c4)c4ccccc4-c4cccc5cccc(C6CCCCC6)c45)cc3)cc21. The number of thiophene rings is 1. The molecule has 1 atom stereocenters. The number of anilines is 3.